The van der Waals surface area contributed by atoms with Gasteiger partial charge in [-0.2, -0.15) is 0 Å². The number of para-hydroxylation sites is 4. The van der Waals surface area contributed by atoms with Gasteiger partial charge in [0, 0.05) is 45.2 Å². The monoisotopic (exact) mass is 779 g/mol. The van der Waals surface area contributed by atoms with Crippen LogP contribution in [0, 0.1) is 0 Å². The number of fused-ring (bicyclic) bond motifs is 3. The molecule has 8 aromatic carbocycles. The van der Waals surface area contributed by atoms with E-state index in [-0.39, 0.29) is 16.5 Å². The standard InChI is InChI=1S/C57H53N3/c1-55(2)53-40-43(57(5,6)59(46-26-16-9-17-27-46)47-28-18-10-19-29-47)32-38-51(53)52-39-37-50(41-54(52)55)58(44-24-14-8-15-25-44)45-33-35-49(36-34-45)60(48-30-20-11-21-31-48)56(3,4)42-22-12-7-13-23-42/h7-41H,1-6H3. The van der Waals surface area contributed by atoms with Crippen LogP contribution in [0.1, 0.15) is 63.8 Å². The Balaban J connectivity index is 1.09. The Kier molecular flexibility index (Phi) is 9.92. The van der Waals surface area contributed by atoms with Gasteiger partial charge in [-0.25, -0.2) is 0 Å². The second kappa shape index (κ2) is 15.4. The van der Waals surface area contributed by atoms with Crippen LogP contribution in [0.3, 0.4) is 0 Å². The van der Waals surface area contributed by atoms with Crippen LogP contribution < -0.4 is 14.7 Å². The second-order valence-corrected chi connectivity index (χ2v) is 17.5. The van der Waals surface area contributed by atoms with Crippen molar-refractivity contribution < 1.29 is 0 Å². The summed E-state index contributed by atoms with van der Waals surface area (Å²) in [5, 5.41) is 0. The lowest BCUT2D eigenvalue weighted by Crippen LogP contribution is -2.38. The first-order valence-corrected chi connectivity index (χ1v) is 21.1. The molecule has 0 spiro atoms. The molecule has 0 atom stereocenters. The molecule has 0 saturated heterocycles. The highest BCUT2D eigenvalue weighted by Crippen LogP contribution is 2.52. The number of rotatable bonds is 11. The highest BCUT2D eigenvalue weighted by Gasteiger charge is 2.39. The average Bonchev–Trinajstić information content (AvgIpc) is 3.51. The number of nitrogens with zero attached hydrogens (tertiary/aromatic N) is 3. The molecular formula is C57H53N3. The third-order valence-corrected chi connectivity index (χ3v) is 12.6. The Labute approximate surface area is 356 Å². The molecule has 0 saturated carbocycles. The molecule has 0 radical (unpaired) electrons. The average molecular weight is 780 g/mol. The van der Waals surface area contributed by atoms with Gasteiger partial charge in [0.25, 0.3) is 0 Å². The summed E-state index contributed by atoms with van der Waals surface area (Å²) in [7, 11) is 0. The first-order valence-electron chi connectivity index (χ1n) is 21.1. The lowest BCUT2D eigenvalue weighted by molar-refractivity contribution is 0.533. The van der Waals surface area contributed by atoms with Crippen molar-refractivity contribution in [1.29, 1.82) is 0 Å². The van der Waals surface area contributed by atoms with Gasteiger partial charge < -0.3 is 14.7 Å². The van der Waals surface area contributed by atoms with E-state index < -0.39 is 0 Å². The topological polar surface area (TPSA) is 9.72 Å². The Morgan fingerprint density at radius 2 is 0.650 bits per heavy atom. The Hall–Kier alpha value is -6.84. The predicted molar refractivity (Wildman–Crippen MR) is 255 cm³/mol. The predicted octanol–water partition coefficient (Wildman–Crippen LogP) is 15.6. The fraction of sp³-hybridized carbons (Fsp3) is 0.158. The van der Waals surface area contributed by atoms with Crippen molar-refractivity contribution in [2.45, 2.75) is 58.0 Å². The van der Waals surface area contributed by atoms with E-state index >= 15 is 0 Å². The molecular weight excluding hydrogens is 727 g/mol. The molecule has 0 aliphatic heterocycles. The van der Waals surface area contributed by atoms with Crippen molar-refractivity contribution in [3.8, 4) is 11.1 Å². The molecule has 0 N–H and O–H groups in total. The third-order valence-electron chi connectivity index (χ3n) is 12.6. The summed E-state index contributed by atoms with van der Waals surface area (Å²) in [5.74, 6) is 0. The van der Waals surface area contributed by atoms with E-state index in [0.717, 1.165) is 28.4 Å². The molecule has 0 fully saturated rings. The quantitative estimate of drug-likeness (QED) is 0.129. The normalized spacial score (nSPS) is 13.0. The maximum Gasteiger partial charge on any atom is 0.0646 e. The van der Waals surface area contributed by atoms with E-state index in [4.69, 9.17) is 0 Å². The number of benzene rings is 8. The molecule has 3 nitrogen and oxygen atoms in total. The van der Waals surface area contributed by atoms with Gasteiger partial charge in [-0.3, -0.25) is 0 Å². The minimum absolute atomic E-state index is 0.220. The van der Waals surface area contributed by atoms with Gasteiger partial charge in [-0.15, -0.1) is 0 Å². The smallest absolute Gasteiger partial charge is 0.0646 e. The lowest BCUT2D eigenvalue weighted by Gasteiger charge is -2.41. The molecule has 0 aromatic heterocycles. The number of hydrogen-bond donors (Lipinski definition) is 0. The summed E-state index contributed by atoms with van der Waals surface area (Å²) < 4.78 is 0. The Morgan fingerprint density at radius 3 is 1.13 bits per heavy atom. The van der Waals surface area contributed by atoms with Crippen molar-refractivity contribution in [2.75, 3.05) is 14.7 Å². The Bertz CT molecular complexity index is 2670. The summed E-state index contributed by atoms with van der Waals surface area (Å²) in [4.78, 5) is 7.31. The van der Waals surface area contributed by atoms with Crippen LogP contribution in [0.5, 0.6) is 0 Å². The highest BCUT2D eigenvalue weighted by molar-refractivity contribution is 5.86. The third kappa shape index (κ3) is 6.84. The van der Waals surface area contributed by atoms with Crippen molar-refractivity contribution in [3.05, 3.63) is 235 Å². The van der Waals surface area contributed by atoms with Gasteiger partial charge in [0.1, 0.15) is 0 Å². The Morgan fingerprint density at radius 1 is 0.317 bits per heavy atom. The van der Waals surface area contributed by atoms with Gasteiger partial charge in [0.15, 0.2) is 0 Å². The van der Waals surface area contributed by atoms with Crippen molar-refractivity contribution in [3.63, 3.8) is 0 Å². The van der Waals surface area contributed by atoms with Crippen LogP contribution >= 0.6 is 0 Å². The summed E-state index contributed by atoms with van der Waals surface area (Å²) in [6.07, 6.45) is 0. The molecule has 0 heterocycles. The fourth-order valence-corrected chi connectivity index (χ4v) is 9.44. The molecule has 296 valence electrons. The van der Waals surface area contributed by atoms with Crippen LogP contribution in [0.2, 0.25) is 0 Å². The van der Waals surface area contributed by atoms with Crippen LogP contribution in [0.25, 0.3) is 11.1 Å². The van der Waals surface area contributed by atoms with Gasteiger partial charge in [0.05, 0.1) is 11.1 Å². The zero-order valence-electron chi connectivity index (χ0n) is 35.5. The maximum absolute atomic E-state index is 2.47. The van der Waals surface area contributed by atoms with Crippen molar-refractivity contribution in [2.24, 2.45) is 0 Å². The lowest BCUT2D eigenvalue weighted by atomic mass is 9.80. The molecule has 1 aliphatic rings. The molecule has 3 heteroatoms. The first-order chi connectivity index (χ1) is 29.0. The largest absolute Gasteiger partial charge is 0.332 e. The van der Waals surface area contributed by atoms with Gasteiger partial charge >= 0.3 is 0 Å². The van der Waals surface area contributed by atoms with Crippen LogP contribution in [0.4, 0.5) is 39.8 Å². The SMILES string of the molecule is CC1(C)c2cc(N(c3ccccc3)c3ccc(N(c4ccccc4)C(C)(C)c4ccccc4)cc3)ccc2-c2ccc(C(C)(C)N(c3ccccc3)c3ccccc3)cc21. The van der Waals surface area contributed by atoms with E-state index in [1.165, 1.54) is 44.8 Å². The number of anilines is 7. The summed E-state index contributed by atoms with van der Waals surface area (Å²) in [5.41, 5.74) is 15.0. The van der Waals surface area contributed by atoms with E-state index in [1.54, 1.807) is 0 Å². The molecule has 8 aromatic rings. The zero-order valence-corrected chi connectivity index (χ0v) is 35.5. The van der Waals surface area contributed by atoms with Gasteiger partial charge in [0.2, 0.25) is 0 Å². The first kappa shape index (κ1) is 38.7. The van der Waals surface area contributed by atoms with Crippen molar-refractivity contribution >= 4 is 39.8 Å². The van der Waals surface area contributed by atoms with Crippen LogP contribution in [-0.2, 0) is 16.5 Å². The van der Waals surface area contributed by atoms with E-state index in [9.17, 15) is 0 Å². The highest BCUT2D eigenvalue weighted by atomic mass is 15.2. The van der Waals surface area contributed by atoms with Crippen LogP contribution in [-0.4, -0.2) is 0 Å². The molecule has 0 amide bonds. The van der Waals surface area contributed by atoms with Crippen molar-refractivity contribution in [1.82, 2.24) is 0 Å². The summed E-state index contributed by atoms with van der Waals surface area (Å²) in [6.45, 7) is 14.1. The summed E-state index contributed by atoms with van der Waals surface area (Å²) >= 11 is 0. The van der Waals surface area contributed by atoms with E-state index in [0.29, 0.717) is 0 Å². The molecule has 9 rings (SSSR count). The van der Waals surface area contributed by atoms with Gasteiger partial charge in [-0.05, 0) is 146 Å². The maximum atomic E-state index is 2.47. The van der Waals surface area contributed by atoms with E-state index in [1.807, 2.05) is 0 Å². The van der Waals surface area contributed by atoms with Crippen LogP contribution in [0.15, 0.2) is 212 Å². The minimum Gasteiger partial charge on any atom is -0.332 e. The zero-order chi connectivity index (χ0) is 41.5. The molecule has 0 unspecified atom stereocenters. The fourth-order valence-electron chi connectivity index (χ4n) is 9.44. The second-order valence-electron chi connectivity index (χ2n) is 17.5. The van der Waals surface area contributed by atoms with Gasteiger partial charge in [-0.1, -0.05) is 141 Å². The molecule has 1 aliphatic carbocycles. The summed E-state index contributed by atoms with van der Waals surface area (Å²) in [6, 6.07) is 77.1. The number of hydrogen-bond acceptors (Lipinski definition) is 3. The molecule has 0 bridgehead atoms. The van der Waals surface area contributed by atoms with E-state index in [2.05, 4.69) is 269 Å². The minimum atomic E-state index is -0.337. The molecule has 60 heavy (non-hydrogen) atoms.